The minimum atomic E-state index is -1.79. The lowest BCUT2D eigenvalue weighted by Gasteiger charge is -2.49. The highest BCUT2D eigenvalue weighted by atomic mass is 19.1. The minimum Gasteiger partial charge on any atom is -0.507 e. The fourth-order valence-electron chi connectivity index (χ4n) is 4.84. The zero-order valence-electron chi connectivity index (χ0n) is 19.9. The van der Waals surface area contributed by atoms with Gasteiger partial charge in [-0.25, -0.2) is 8.78 Å². The van der Waals surface area contributed by atoms with E-state index < -0.39 is 41.4 Å². The van der Waals surface area contributed by atoms with Crippen molar-refractivity contribution in [2.75, 3.05) is 26.9 Å². The van der Waals surface area contributed by atoms with Gasteiger partial charge in [0, 0.05) is 31.3 Å². The first kappa shape index (κ1) is 24.7. The molecule has 3 N–H and O–H groups in total. The number of ether oxygens (including phenoxy) is 2. The van der Waals surface area contributed by atoms with Crippen LogP contribution in [0.4, 0.5) is 8.78 Å². The summed E-state index contributed by atoms with van der Waals surface area (Å²) in [5.74, 6) is -2.79. The van der Waals surface area contributed by atoms with Crippen LogP contribution >= 0.6 is 0 Å². The van der Waals surface area contributed by atoms with Crippen molar-refractivity contribution >= 4 is 11.8 Å². The van der Waals surface area contributed by atoms with Crippen LogP contribution in [0.3, 0.4) is 0 Å². The Morgan fingerprint density at radius 3 is 2.68 bits per heavy atom. The number of nitrogens with zero attached hydrogens (tertiary/aromatic N) is 2. The zero-order chi connectivity index (χ0) is 26.3. The molecule has 2 fully saturated rings. The summed E-state index contributed by atoms with van der Waals surface area (Å²) in [6.07, 6.45) is -1.79. The molecule has 0 aliphatic carbocycles. The monoisotopic (exact) mass is 513 g/mol. The van der Waals surface area contributed by atoms with Crippen molar-refractivity contribution in [3.63, 3.8) is 0 Å². The van der Waals surface area contributed by atoms with Crippen molar-refractivity contribution in [3.8, 4) is 5.75 Å². The molecule has 3 aliphatic heterocycles. The van der Waals surface area contributed by atoms with E-state index in [-0.39, 0.29) is 55.4 Å². The van der Waals surface area contributed by atoms with Crippen LogP contribution in [0.2, 0.25) is 0 Å². The molecular weight excluding hydrogens is 488 g/mol. The van der Waals surface area contributed by atoms with Crippen LogP contribution in [0.1, 0.15) is 11.1 Å². The molecule has 2 amide bonds. The Bertz CT molecular complexity index is 1310. The molecule has 0 aromatic heterocycles. The van der Waals surface area contributed by atoms with Gasteiger partial charge in [-0.2, -0.15) is 0 Å². The van der Waals surface area contributed by atoms with Crippen LogP contribution in [0.5, 0.6) is 5.75 Å². The molecule has 2 unspecified atom stereocenters. The summed E-state index contributed by atoms with van der Waals surface area (Å²) in [7, 11) is 1.56. The Balaban J connectivity index is 1.40. The molecule has 5 rings (SSSR count). The van der Waals surface area contributed by atoms with Gasteiger partial charge in [-0.3, -0.25) is 9.59 Å². The Hall–Kier alpha value is -3.96. The number of benzene rings is 2. The Labute approximate surface area is 211 Å². The van der Waals surface area contributed by atoms with Crippen LogP contribution in [0, 0.1) is 11.6 Å². The number of hydrogen-bond donors (Lipinski definition) is 3. The molecule has 0 bridgehead atoms. The number of rotatable bonds is 6. The minimum absolute atomic E-state index is 0.0474. The predicted octanol–water partition coefficient (Wildman–Crippen LogP) is 1.73. The number of piperazine rings is 1. The highest BCUT2D eigenvalue weighted by Crippen LogP contribution is 2.38. The summed E-state index contributed by atoms with van der Waals surface area (Å²) < 4.78 is 38.1. The Kier molecular flexibility index (Phi) is 6.57. The first-order valence-electron chi connectivity index (χ1n) is 11.6. The molecule has 2 aromatic rings. The number of carbonyl (C=O) groups is 2. The molecule has 194 valence electrons. The number of aliphatic hydroxyl groups excluding tert-OH is 2. The number of methoxy groups -OCH3 is 1. The third-order valence-electron chi connectivity index (χ3n) is 6.68. The normalized spacial score (nSPS) is 21.2. The van der Waals surface area contributed by atoms with Gasteiger partial charge in [0.1, 0.15) is 29.2 Å². The third kappa shape index (κ3) is 4.51. The van der Waals surface area contributed by atoms with E-state index in [0.29, 0.717) is 11.8 Å². The van der Waals surface area contributed by atoms with Crippen molar-refractivity contribution in [1.82, 2.24) is 15.1 Å². The number of carbonyl (C=O) groups excluding carboxylic acids is 2. The quantitative estimate of drug-likeness (QED) is 0.540. The summed E-state index contributed by atoms with van der Waals surface area (Å²) in [6.45, 7) is 0.416. The van der Waals surface area contributed by atoms with E-state index in [1.165, 1.54) is 6.07 Å². The fraction of sp³-hybridized carbons (Fsp3) is 0.308. The molecule has 2 atom stereocenters. The molecule has 2 aromatic carbocycles. The fourth-order valence-corrected chi connectivity index (χ4v) is 4.84. The molecule has 11 heteroatoms. The van der Waals surface area contributed by atoms with E-state index in [1.807, 2.05) is 12.1 Å². The van der Waals surface area contributed by atoms with E-state index in [0.717, 1.165) is 11.6 Å². The van der Waals surface area contributed by atoms with Crippen molar-refractivity contribution in [2.24, 2.45) is 0 Å². The van der Waals surface area contributed by atoms with E-state index in [4.69, 9.17) is 9.47 Å². The zero-order valence-corrected chi connectivity index (χ0v) is 19.9. The lowest BCUT2D eigenvalue weighted by molar-refractivity contribution is -0.137. The lowest BCUT2D eigenvalue weighted by Crippen LogP contribution is -2.61. The largest absolute Gasteiger partial charge is 0.507 e. The van der Waals surface area contributed by atoms with Crippen LogP contribution < -0.4 is 10.1 Å². The molecule has 0 spiro atoms. The van der Waals surface area contributed by atoms with Crippen LogP contribution in [-0.4, -0.2) is 70.8 Å². The third-order valence-corrected chi connectivity index (χ3v) is 6.68. The van der Waals surface area contributed by atoms with Gasteiger partial charge in [-0.15, -0.1) is 0 Å². The van der Waals surface area contributed by atoms with E-state index in [1.54, 1.807) is 29.0 Å². The van der Waals surface area contributed by atoms with Gasteiger partial charge >= 0.3 is 0 Å². The summed E-state index contributed by atoms with van der Waals surface area (Å²) in [4.78, 5) is 29.6. The maximum absolute atomic E-state index is 14.0. The van der Waals surface area contributed by atoms with Gasteiger partial charge in [0.15, 0.2) is 5.76 Å². The molecule has 9 nitrogen and oxygen atoms in total. The summed E-state index contributed by atoms with van der Waals surface area (Å²) >= 11 is 0. The lowest BCUT2D eigenvalue weighted by atomic mass is 9.92. The molecule has 0 radical (unpaired) electrons. The number of amides is 2. The topological polar surface area (TPSA) is 112 Å². The van der Waals surface area contributed by atoms with Gasteiger partial charge in [-0.1, -0.05) is 18.2 Å². The number of morpholine rings is 1. The molecule has 0 saturated carbocycles. The number of hydrogen-bond acceptors (Lipinski definition) is 7. The SMILES string of the molecule is COc1ccc(CN2CC3COCC4=C(C(=O)NCc5ccc(F)cc5F)C(O)C(O)=C(C2=O)N43)cc1. The number of aliphatic hydroxyl groups is 2. The van der Waals surface area contributed by atoms with Crippen molar-refractivity contribution < 1.29 is 38.1 Å². The van der Waals surface area contributed by atoms with Crippen molar-refractivity contribution in [1.29, 1.82) is 0 Å². The molecule has 3 heterocycles. The van der Waals surface area contributed by atoms with E-state index in [9.17, 15) is 28.6 Å². The van der Waals surface area contributed by atoms with Crippen LogP contribution in [-0.2, 0) is 27.4 Å². The summed E-state index contributed by atoms with van der Waals surface area (Å²) in [6, 6.07) is 9.80. The van der Waals surface area contributed by atoms with E-state index >= 15 is 0 Å². The maximum atomic E-state index is 14.0. The summed E-state index contributed by atoms with van der Waals surface area (Å²) in [5, 5.41) is 24.3. The molecular formula is C26H25F2N3O6. The Morgan fingerprint density at radius 1 is 1.22 bits per heavy atom. The average molecular weight is 513 g/mol. The molecule has 3 aliphatic rings. The Morgan fingerprint density at radius 2 is 1.97 bits per heavy atom. The highest BCUT2D eigenvalue weighted by Gasteiger charge is 2.48. The molecule has 37 heavy (non-hydrogen) atoms. The van der Waals surface area contributed by atoms with Gasteiger partial charge < -0.3 is 34.8 Å². The van der Waals surface area contributed by atoms with Crippen molar-refractivity contribution in [2.45, 2.75) is 25.2 Å². The predicted molar refractivity (Wildman–Crippen MR) is 126 cm³/mol. The average Bonchev–Trinajstić information content (AvgIpc) is 2.88. The number of halogens is 2. The van der Waals surface area contributed by atoms with Gasteiger partial charge in [0.2, 0.25) is 0 Å². The maximum Gasteiger partial charge on any atom is 0.274 e. The van der Waals surface area contributed by atoms with Crippen LogP contribution in [0.15, 0.2) is 65.2 Å². The van der Waals surface area contributed by atoms with E-state index in [2.05, 4.69) is 5.32 Å². The smallest absolute Gasteiger partial charge is 0.274 e. The summed E-state index contributed by atoms with van der Waals surface area (Å²) in [5.41, 5.74) is 0.860. The van der Waals surface area contributed by atoms with Gasteiger partial charge in [0.25, 0.3) is 11.8 Å². The van der Waals surface area contributed by atoms with Crippen molar-refractivity contribution in [3.05, 3.63) is 88.0 Å². The number of nitrogens with one attached hydrogen (secondary N) is 1. The van der Waals surface area contributed by atoms with Gasteiger partial charge in [-0.05, 0) is 23.8 Å². The standard InChI is InChI=1S/C26H25F2N3O6/c1-36-18-6-2-14(3-7-18)10-30-11-17-12-37-13-20-21(23(32)24(33)22(26(30)35)31(17)20)25(34)29-9-15-4-5-16(27)8-19(15)28/h2-8,17,23,32-33H,9-13H2,1H3,(H,29,34). The second kappa shape index (κ2) is 9.83. The highest BCUT2D eigenvalue weighted by molar-refractivity contribution is 6.00. The second-order valence-electron chi connectivity index (χ2n) is 8.99. The van der Waals surface area contributed by atoms with Crippen LogP contribution in [0.25, 0.3) is 0 Å². The first-order chi connectivity index (χ1) is 17.8. The molecule has 2 saturated heterocycles. The second-order valence-corrected chi connectivity index (χ2v) is 8.99. The van der Waals surface area contributed by atoms with Gasteiger partial charge in [0.05, 0.1) is 37.6 Å². The first-order valence-corrected chi connectivity index (χ1v) is 11.6.